The quantitative estimate of drug-likeness (QED) is 0.633. The molecule has 1 aromatic carbocycles. The number of aromatic nitrogens is 3. The van der Waals surface area contributed by atoms with Crippen LogP contribution in [0.3, 0.4) is 0 Å². The molecule has 0 aliphatic carbocycles. The lowest BCUT2D eigenvalue weighted by Crippen LogP contribution is -2.37. The van der Waals surface area contributed by atoms with E-state index in [1.54, 1.807) is 30.7 Å². The molecule has 3 aromatic rings. The number of nitrogens with zero attached hydrogens (tertiary/aromatic N) is 4. The molecule has 2 heterocycles. The number of aryl methyl sites for hydroxylation is 1. The summed E-state index contributed by atoms with van der Waals surface area (Å²) in [4.78, 5) is 8.47. The molecule has 2 aromatic heterocycles. The lowest BCUT2D eigenvalue weighted by molar-refractivity contribution is 0.446. The number of rotatable bonds is 7. The Bertz CT molecular complexity index is 1050. The summed E-state index contributed by atoms with van der Waals surface area (Å²) >= 11 is 5.97. The highest BCUT2D eigenvalue weighted by molar-refractivity contribution is 7.87. The molecular weight excluding hydrogens is 405 g/mol. The summed E-state index contributed by atoms with van der Waals surface area (Å²) < 4.78 is 44.1. The van der Waals surface area contributed by atoms with Crippen LogP contribution in [0.5, 0.6) is 0 Å². The molecule has 148 valence electrons. The van der Waals surface area contributed by atoms with Crippen LogP contribution in [0.1, 0.15) is 17.0 Å². The van der Waals surface area contributed by atoms with E-state index >= 15 is 0 Å². The van der Waals surface area contributed by atoms with E-state index in [0.29, 0.717) is 11.4 Å². The average Bonchev–Trinajstić information content (AvgIpc) is 3.09. The van der Waals surface area contributed by atoms with Crippen LogP contribution in [0.15, 0.2) is 48.9 Å². The smallest absolute Gasteiger partial charge is 0.279 e. The minimum Gasteiger partial charge on any atom is -0.288 e. The molecule has 0 amide bonds. The van der Waals surface area contributed by atoms with Crippen molar-refractivity contribution >= 4 is 21.8 Å². The third kappa shape index (κ3) is 4.56. The van der Waals surface area contributed by atoms with Crippen molar-refractivity contribution in [3.05, 3.63) is 76.7 Å². The Morgan fingerprint density at radius 1 is 1.25 bits per heavy atom. The van der Waals surface area contributed by atoms with E-state index in [2.05, 4.69) is 14.7 Å². The zero-order chi connectivity index (χ0) is 20.3. The molecule has 0 aliphatic heterocycles. The zero-order valence-corrected chi connectivity index (χ0v) is 16.9. The Morgan fingerprint density at radius 3 is 2.64 bits per heavy atom. The third-order valence-corrected chi connectivity index (χ3v) is 6.01. The molecular formula is C18H19ClFN5O2S. The standard InChI is InChI=1S/C18H19ClFN5O2S/c1-13-21-8-9-25(13)18-7-6-14(10-22-18)11-23-28(26,27)24(2)12-15-16(19)4-3-5-17(15)20/h3-10,23H,11-12H2,1-2H3. The van der Waals surface area contributed by atoms with E-state index < -0.39 is 16.0 Å². The molecule has 28 heavy (non-hydrogen) atoms. The fourth-order valence-electron chi connectivity index (χ4n) is 2.56. The minimum atomic E-state index is -3.84. The molecule has 0 atom stereocenters. The summed E-state index contributed by atoms with van der Waals surface area (Å²) in [6, 6.07) is 7.78. The Hall–Kier alpha value is -2.33. The predicted molar refractivity (Wildman–Crippen MR) is 105 cm³/mol. The van der Waals surface area contributed by atoms with Crippen molar-refractivity contribution in [1.82, 2.24) is 23.6 Å². The fraction of sp³-hybridized carbons (Fsp3) is 0.222. The van der Waals surface area contributed by atoms with Gasteiger partial charge in [0.05, 0.1) is 0 Å². The first-order valence-electron chi connectivity index (χ1n) is 8.37. The van der Waals surface area contributed by atoms with Gasteiger partial charge in [-0.15, -0.1) is 0 Å². The second-order valence-electron chi connectivity index (χ2n) is 6.15. The van der Waals surface area contributed by atoms with Crippen LogP contribution in [0.4, 0.5) is 4.39 Å². The Balaban J connectivity index is 1.65. The van der Waals surface area contributed by atoms with Gasteiger partial charge in [0, 0.05) is 49.3 Å². The molecule has 0 radical (unpaired) electrons. The van der Waals surface area contributed by atoms with E-state index in [-0.39, 0.29) is 23.7 Å². The summed E-state index contributed by atoms with van der Waals surface area (Å²) in [6.07, 6.45) is 5.06. The van der Waals surface area contributed by atoms with E-state index in [1.165, 1.54) is 25.2 Å². The largest absolute Gasteiger partial charge is 0.288 e. The molecule has 0 saturated carbocycles. The van der Waals surface area contributed by atoms with E-state index in [9.17, 15) is 12.8 Å². The highest BCUT2D eigenvalue weighted by Gasteiger charge is 2.20. The van der Waals surface area contributed by atoms with Crippen LogP contribution in [-0.2, 0) is 23.3 Å². The maximum absolute atomic E-state index is 13.9. The van der Waals surface area contributed by atoms with Crippen LogP contribution < -0.4 is 4.72 Å². The van der Waals surface area contributed by atoms with Crippen molar-refractivity contribution in [2.24, 2.45) is 0 Å². The van der Waals surface area contributed by atoms with Crippen LogP contribution in [0, 0.1) is 12.7 Å². The molecule has 10 heteroatoms. The SMILES string of the molecule is Cc1nccn1-c1ccc(CNS(=O)(=O)N(C)Cc2c(F)cccc2Cl)cn1. The second-order valence-corrected chi connectivity index (χ2v) is 8.42. The predicted octanol–water partition coefficient (Wildman–Crippen LogP) is 2.83. The molecule has 7 nitrogen and oxygen atoms in total. The van der Waals surface area contributed by atoms with Crippen molar-refractivity contribution < 1.29 is 12.8 Å². The first-order valence-corrected chi connectivity index (χ1v) is 10.2. The molecule has 0 saturated heterocycles. The van der Waals surface area contributed by atoms with Gasteiger partial charge in [0.2, 0.25) is 0 Å². The van der Waals surface area contributed by atoms with Gasteiger partial charge >= 0.3 is 0 Å². The van der Waals surface area contributed by atoms with Gasteiger partial charge < -0.3 is 0 Å². The normalized spacial score (nSPS) is 11.9. The van der Waals surface area contributed by atoms with Crippen molar-refractivity contribution in [2.75, 3.05) is 7.05 Å². The van der Waals surface area contributed by atoms with Crippen molar-refractivity contribution in [3.63, 3.8) is 0 Å². The van der Waals surface area contributed by atoms with Gasteiger partial charge in [-0.3, -0.25) is 4.57 Å². The van der Waals surface area contributed by atoms with Crippen LogP contribution in [0.2, 0.25) is 5.02 Å². The molecule has 0 aliphatic rings. The lowest BCUT2D eigenvalue weighted by atomic mass is 10.2. The summed E-state index contributed by atoms with van der Waals surface area (Å²) in [7, 11) is -2.48. The summed E-state index contributed by atoms with van der Waals surface area (Å²) in [5, 5.41) is 0.177. The van der Waals surface area contributed by atoms with Crippen molar-refractivity contribution in [2.45, 2.75) is 20.0 Å². The number of hydrogen-bond acceptors (Lipinski definition) is 4. The summed E-state index contributed by atoms with van der Waals surface area (Å²) in [5.74, 6) is 0.937. The number of halogens is 2. The van der Waals surface area contributed by atoms with Gasteiger partial charge in [-0.1, -0.05) is 23.7 Å². The van der Waals surface area contributed by atoms with Gasteiger partial charge in [-0.25, -0.2) is 14.4 Å². The van der Waals surface area contributed by atoms with E-state index in [0.717, 1.165) is 10.1 Å². The molecule has 0 unspecified atom stereocenters. The number of nitrogens with one attached hydrogen (secondary N) is 1. The highest BCUT2D eigenvalue weighted by Crippen LogP contribution is 2.21. The summed E-state index contributed by atoms with van der Waals surface area (Å²) in [6.45, 7) is 1.73. The average molecular weight is 424 g/mol. The number of hydrogen-bond donors (Lipinski definition) is 1. The van der Waals surface area contributed by atoms with Gasteiger partial charge in [0.25, 0.3) is 10.2 Å². The fourth-order valence-corrected chi connectivity index (χ4v) is 3.65. The first kappa shape index (κ1) is 20.4. The molecule has 3 rings (SSSR count). The monoisotopic (exact) mass is 423 g/mol. The number of benzene rings is 1. The maximum Gasteiger partial charge on any atom is 0.279 e. The molecule has 1 N–H and O–H groups in total. The van der Waals surface area contributed by atoms with Crippen LogP contribution in [-0.4, -0.2) is 34.3 Å². The summed E-state index contributed by atoms with van der Waals surface area (Å²) in [5.41, 5.74) is 0.807. The van der Waals surface area contributed by atoms with Crippen LogP contribution in [0.25, 0.3) is 5.82 Å². The zero-order valence-electron chi connectivity index (χ0n) is 15.3. The molecule has 0 spiro atoms. The van der Waals surface area contributed by atoms with Crippen molar-refractivity contribution in [1.29, 1.82) is 0 Å². The van der Waals surface area contributed by atoms with Gasteiger partial charge in [-0.2, -0.15) is 17.4 Å². The number of imidazole rings is 1. The number of pyridine rings is 1. The first-order chi connectivity index (χ1) is 13.3. The third-order valence-electron chi connectivity index (χ3n) is 4.19. The van der Waals surface area contributed by atoms with E-state index in [4.69, 9.17) is 11.6 Å². The molecule has 0 bridgehead atoms. The van der Waals surface area contributed by atoms with Gasteiger partial charge in [0.15, 0.2) is 0 Å². The topological polar surface area (TPSA) is 80.1 Å². The maximum atomic E-state index is 13.9. The van der Waals surface area contributed by atoms with Crippen molar-refractivity contribution in [3.8, 4) is 5.82 Å². The second kappa shape index (κ2) is 8.36. The van der Waals surface area contributed by atoms with E-state index in [1.807, 2.05) is 11.5 Å². The minimum absolute atomic E-state index is 0.0495. The van der Waals surface area contributed by atoms with Crippen LogP contribution >= 0.6 is 11.6 Å². The highest BCUT2D eigenvalue weighted by atomic mass is 35.5. The van der Waals surface area contributed by atoms with Gasteiger partial charge in [-0.05, 0) is 30.7 Å². The molecule has 0 fully saturated rings. The lowest BCUT2D eigenvalue weighted by Gasteiger charge is -2.19. The van der Waals surface area contributed by atoms with Gasteiger partial charge in [0.1, 0.15) is 17.5 Å². The Morgan fingerprint density at radius 2 is 2.04 bits per heavy atom. The Labute approximate surface area is 168 Å². The Kier molecular flexibility index (Phi) is 6.09.